The van der Waals surface area contributed by atoms with E-state index < -0.39 is 10.0 Å². The van der Waals surface area contributed by atoms with Gasteiger partial charge in [0.25, 0.3) is 15.9 Å². The van der Waals surface area contributed by atoms with Gasteiger partial charge in [-0.15, -0.1) is 0 Å². The van der Waals surface area contributed by atoms with Crippen LogP contribution in [0.15, 0.2) is 65.6 Å². The monoisotopic (exact) mass is 492 g/mol. The van der Waals surface area contributed by atoms with E-state index in [2.05, 4.69) is 20.3 Å². The fourth-order valence-electron chi connectivity index (χ4n) is 4.24. The Balaban J connectivity index is 1.66. The van der Waals surface area contributed by atoms with Crippen LogP contribution in [0.1, 0.15) is 32.6 Å². The van der Waals surface area contributed by atoms with Gasteiger partial charge in [0.15, 0.2) is 0 Å². The lowest BCUT2D eigenvalue weighted by molar-refractivity contribution is 0.0951. The second kappa shape index (κ2) is 10.5. The zero-order chi connectivity index (χ0) is 25.0. The highest BCUT2D eigenvalue weighted by molar-refractivity contribution is 7.92. The molecule has 1 saturated heterocycles. The topological polar surface area (TPSA) is 90.5 Å². The summed E-state index contributed by atoms with van der Waals surface area (Å²) in [6.45, 7) is 9.16. The van der Waals surface area contributed by atoms with Crippen molar-refractivity contribution in [3.63, 3.8) is 0 Å². The number of hydrogen-bond donors (Lipinski definition) is 3. The Morgan fingerprint density at radius 1 is 0.914 bits per heavy atom. The molecule has 0 bridgehead atoms. The molecule has 1 aliphatic heterocycles. The molecular weight excluding hydrogens is 460 g/mol. The van der Waals surface area contributed by atoms with E-state index in [1.54, 1.807) is 25.1 Å². The molecule has 184 valence electrons. The van der Waals surface area contributed by atoms with Crippen LogP contribution in [0.3, 0.4) is 0 Å². The van der Waals surface area contributed by atoms with Crippen molar-refractivity contribution in [2.75, 3.05) is 35.8 Å². The van der Waals surface area contributed by atoms with E-state index in [1.807, 2.05) is 56.3 Å². The van der Waals surface area contributed by atoms with E-state index in [9.17, 15) is 13.2 Å². The predicted octanol–water partition coefficient (Wildman–Crippen LogP) is 3.75. The van der Waals surface area contributed by atoms with Crippen molar-refractivity contribution in [1.82, 2.24) is 10.6 Å². The first-order valence-electron chi connectivity index (χ1n) is 11.8. The van der Waals surface area contributed by atoms with Gasteiger partial charge in [-0.3, -0.25) is 9.52 Å². The smallest absolute Gasteiger partial charge is 0.262 e. The highest BCUT2D eigenvalue weighted by Gasteiger charge is 2.23. The molecule has 0 atom stereocenters. The van der Waals surface area contributed by atoms with Crippen molar-refractivity contribution >= 4 is 27.3 Å². The molecule has 0 spiro atoms. The lowest BCUT2D eigenvalue weighted by Crippen LogP contribution is -2.43. The van der Waals surface area contributed by atoms with E-state index in [-0.39, 0.29) is 10.8 Å². The predicted molar refractivity (Wildman–Crippen MR) is 141 cm³/mol. The van der Waals surface area contributed by atoms with Crippen LogP contribution in [-0.2, 0) is 16.6 Å². The Morgan fingerprint density at radius 2 is 1.60 bits per heavy atom. The second-order valence-electron chi connectivity index (χ2n) is 8.94. The summed E-state index contributed by atoms with van der Waals surface area (Å²) in [5.74, 6) is -0.261. The van der Waals surface area contributed by atoms with Crippen molar-refractivity contribution in [3.05, 3.63) is 88.5 Å². The largest absolute Gasteiger partial charge is 0.367 e. The molecule has 7 nitrogen and oxygen atoms in total. The Kier molecular flexibility index (Phi) is 7.42. The Hall–Kier alpha value is -3.36. The normalized spacial score (nSPS) is 14.0. The number of aryl methyl sites for hydroxylation is 3. The lowest BCUT2D eigenvalue weighted by Gasteiger charge is -2.31. The van der Waals surface area contributed by atoms with Crippen LogP contribution in [0.5, 0.6) is 0 Å². The highest BCUT2D eigenvalue weighted by atomic mass is 32.2. The van der Waals surface area contributed by atoms with Crippen LogP contribution in [-0.4, -0.2) is 40.5 Å². The third-order valence-corrected chi connectivity index (χ3v) is 7.84. The van der Waals surface area contributed by atoms with Crippen molar-refractivity contribution in [1.29, 1.82) is 0 Å². The molecule has 3 aromatic rings. The molecule has 1 aliphatic rings. The summed E-state index contributed by atoms with van der Waals surface area (Å²) in [5, 5.41) is 6.23. The summed E-state index contributed by atoms with van der Waals surface area (Å²) in [6, 6.07) is 18.4. The Morgan fingerprint density at radius 3 is 2.31 bits per heavy atom. The SMILES string of the molecule is Cc1cc(C)c(S(=O)(=O)Nc2cc(C(=O)NCc3ccccc3)ccc2N2CCNCC2)cc1C. The maximum atomic E-state index is 13.5. The standard InChI is InChI=1S/C27H32N4O3S/c1-19-15-21(3)26(16-20(19)2)35(33,34)30-24-17-23(9-10-25(24)31-13-11-28-12-14-31)27(32)29-18-22-7-5-4-6-8-22/h4-10,15-17,28,30H,11-14,18H2,1-3H3,(H,29,32). The number of carbonyl (C=O) groups is 1. The third-order valence-electron chi connectivity index (χ3n) is 6.34. The molecule has 1 fully saturated rings. The first kappa shape index (κ1) is 24.8. The van der Waals surface area contributed by atoms with E-state index in [4.69, 9.17) is 0 Å². The molecular formula is C27H32N4O3S. The molecule has 0 unspecified atom stereocenters. The molecule has 0 aromatic heterocycles. The van der Waals surface area contributed by atoms with Crippen LogP contribution in [0.2, 0.25) is 0 Å². The number of benzene rings is 3. The fraction of sp³-hybridized carbons (Fsp3) is 0.296. The van der Waals surface area contributed by atoms with Crippen molar-refractivity contribution in [2.45, 2.75) is 32.2 Å². The minimum atomic E-state index is -3.87. The van der Waals surface area contributed by atoms with E-state index in [0.29, 0.717) is 23.4 Å². The maximum Gasteiger partial charge on any atom is 0.262 e. The summed E-state index contributed by atoms with van der Waals surface area (Å²) in [5.41, 5.74) is 5.18. The van der Waals surface area contributed by atoms with Gasteiger partial charge in [-0.2, -0.15) is 0 Å². The average Bonchev–Trinajstić information content (AvgIpc) is 2.85. The summed E-state index contributed by atoms with van der Waals surface area (Å²) in [4.78, 5) is 15.3. The van der Waals surface area contributed by atoms with Crippen molar-refractivity contribution in [3.8, 4) is 0 Å². The Bertz CT molecular complexity index is 1320. The zero-order valence-corrected chi connectivity index (χ0v) is 21.2. The quantitative estimate of drug-likeness (QED) is 0.467. The molecule has 8 heteroatoms. The Labute approximate surface area is 207 Å². The summed E-state index contributed by atoms with van der Waals surface area (Å²) >= 11 is 0. The van der Waals surface area contributed by atoms with Gasteiger partial charge in [0, 0.05) is 38.3 Å². The van der Waals surface area contributed by atoms with Gasteiger partial charge in [0.1, 0.15) is 0 Å². The minimum Gasteiger partial charge on any atom is -0.367 e. The molecule has 1 heterocycles. The zero-order valence-electron chi connectivity index (χ0n) is 20.4. The number of anilines is 2. The minimum absolute atomic E-state index is 0.241. The van der Waals surface area contributed by atoms with Crippen LogP contribution in [0.4, 0.5) is 11.4 Å². The van der Waals surface area contributed by atoms with Crippen molar-refractivity contribution < 1.29 is 13.2 Å². The molecule has 0 saturated carbocycles. The lowest BCUT2D eigenvalue weighted by atomic mass is 10.1. The van der Waals surface area contributed by atoms with Crippen LogP contribution in [0, 0.1) is 20.8 Å². The molecule has 35 heavy (non-hydrogen) atoms. The van der Waals surface area contributed by atoms with E-state index >= 15 is 0 Å². The van der Waals surface area contributed by atoms with Crippen molar-refractivity contribution in [2.24, 2.45) is 0 Å². The fourth-order valence-corrected chi connectivity index (χ4v) is 5.62. The van der Waals surface area contributed by atoms with Gasteiger partial charge in [-0.25, -0.2) is 8.42 Å². The number of carbonyl (C=O) groups excluding carboxylic acids is 1. The number of hydrogen-bond acceptors (Lipinski definition) is 5. The van der Waals surface area contributed by atoms with Crippen LogP contribution < -0.4 is 20.3 Å². The first-order chi connectivity index (χ1) is 16.7. The number of nitrogens with zero attached hydrogens (tertiary/aromatic N) is 1. The van der Waals surface area contributed by atoms with E-state index in [1.165, 1.54) is 0 Å². The molecule has 3 N–H and O–H groups in total. The third kappa shape index (κ3) is 5.83. The number of sulfonamides is 1. The number of piperazine rings is 1. The number of rotatable bonds is 7. The molecule has 3 aromatic carbocycles. The summed E-state index contributed by atoms with van der Waals surface area (Å²) in [6.07, 6.45) is 0. The molecule has 0 radical (unpaired) electrons. The number of amides is 1. The van der Waals surface area contributed by atoms with Crippen LogP contribution >= 0.6 is 0 Å². The first-order valence-corrected chi connectivity index (χ1v) is 13.3. The summed E-state index contributed by atoms with van der Waals surface area (Å²) in [7, 11) is -3.87. The van der Waals surface area contributed by atoms with E-state index in [0.717, 1.165) is 48.6 Å². The molecule has 4 rings (SSSR count). The van der Waals surface area contributed by atoms with Gasteiger partial charge in [0.05, 0.1) is 16.3 Å². The summed E-state index contributed by atoms with van der Waals surface area (Å²) < 4.78 is 29.7. The average molecular weight is 493 g/mol. The van der Waals surface area contributed by atoms with Gasteiger partial charge in [-0.1, -0.05) is 36.4 Å². The molecule has 1 amide bonds. The van der Waals surface area contributed by atoms with Gasteiger partial charge in [0.2, 0.25) is 0 Å². The van der Waals surface area contributed by atoms with Gasteiger partial charge < -0.3 is 15.5 Å². The second-order valence-corrected chi connectivity index (χ2v) is 10.6. The number of nitrogens with one attached hydrogen (secondary N) is 3. The molecule has 0 aliphatic carbocycles. The van der Waals surface area contributed by atoms with Crippen LogP contribution in [0.25, 0.3) is 0 Å². The van der Waals surface area contributed by atoms with Gasteiger partial charge >= 0.3 is 0 Å². The van der Waals surface area contributed by atoms with Gasteiger partial charge in [-0.05, 0) is 67.3 Å². The highest BCUT2D eigenvalue weighted by Crippen LogP contribution is 2.31. The maximum absolute atomic E-state index is 13.5.